The van der Waals surface area contributed by atoms with Crippen LogP contribution in [0.2, 0.25) is 0 Å². The van der Waals surface area contributed by atoms with E-state index in [2.05, 4.69) is 4.74 Å². The molecule has 1 aliphatic heterocycles. The first-order chi connectivity index (χ1) is 6.71. The van der Waals surface area contributed by atoms with E-state index in [0.29, 0.717) is 0 Å². The van der Waals surface area contributed by atoms with Crippen molar-refractivity contribution in [3.63, 3.8) is 0 Å². The smallest absolute Gasteiger partial charge is 0.0600 e. The van der Waals surface area contributed by atoms with Crippen molar-refractivity contribution >= 4 is 0 Å². The molecule has 6 heavy (non-hydrogen) atoms. The second-order valence-electron chi connectivity index (χ2n) is 0.783. The SMILES string of the molecule is [2H]C([2H])([2H])C1([2H])OC([2H])([2H])C([2H])([2H])C1([2H])[2H]. The van der Waals surface area contributed by atoms with Gasteiger partial charge in [0.05, 0.1) is 10.2 Å². The second-order valence-corrected chi connectivity index (χ2v) is 0.783. The van der Waals surface area contributed by atoms with E-state index >= 15 is 0 Å². The molecule has 0 saturated carbocycles. The van der Waals surface area contributed by atoms with Crippen LogP contribution in [0.3, 0.4) is 0 Å². The molecule has 0 bridgehead atoms. The Labute approximate surface area is 52.4 Å². The van der Waals surface area contributed by atoms with Crippen LogP contribution in [0.5, 0.6) is 0 Å². The third kappa shape index (κ3) is 0.716. The molecule has 0 N–H and O–H groups in total. The highest BCUT2D eigenvalue weighted by molar-refractivity contribution is 4.56. The molecule has 0 aromatic rings. The van der Waals surface area contributed by atoms with Crippen LogP contribution in [0.25, 0.3) is 0 Å². The third-order valence-electron chi connectivity index (χ3n) is 0.380. The fraction of sp³-hybridized carbons (Fsp3) is 1.00. The average molecular weight is 96.2 g/mol. The number of hydrogen-bond acceptors (Lipinski definition) is 1. The van der Waals surface area contributed by atoms with Gasteiger partial charge >= 0.3 is 0 Å². The molecule has 1 unspecified atom stereocenters. The first-order valence-corrected chi connectivity index (χ1v) is 1.41. The molecule has 0 aromatic heterocycles. The Morgan fingerprint density at radius 2 is 3.33 bits per heavy atom. The zero-order chi connectivity index (χ0) is 13.2. The van der Waals surface area contributed by atoms with Crippen LogP contribution in [0.4, 0.5) is 0 Å². The molecular weight excluding hydrogens is 76.1 g/mol. The Bertz CT molecular complexity index is 305. The Kier molecular flexibility index (Phi) is 0.154. The van der Waals surface area contributed by atoms with Crippen molar-refractivity contribution in [3.8, 4) is 0 Å². The fourth-order valence-corrected chi connectivity index (χ4v) is 0.184. The molecule has 0 radical (unpaired) electrons. The fourth-order valence-electron chi connectivity index (χ4n) is 0.184. The standard InChI is InChI=1S/C5H10O/c1-5-3-2-4-6-5/h5H,2-4H2,1H3/i1D3,2D2,3D2,4D2,5D. The number of ether oxygens (including phenoxy) is 1. The second kappa shape index (κ2) is 1.61. The Balaban J connectivity index is 3.41. The zero-order valence-electron chi connectivity index (χ0n) is 12.9. The summed E-state index contributed by atoms with van der Waals surface area (Å²) in [5.41, 5.74) is 0. The van der Waals surface area contributed by atoms with Gasteiger partial charge < -0.3 is 4.74 Å². The van der Waals surface area contributed by atoms with E-state index in [9.17, 15) is 0 Å². The zero-order valence-corrected chi connectivity index (χ0v) is 2.91. The molecule has 1 nitrogen and oxygen atoms in total. The summed E-state index contributed by atoms with van der Waals surface area (Å²) in [5, 5.41) is 0. The van der Waals surface area contributed by atoms with Crippen molar-refractivity contribution in [2.45, 2.75) is 25.7 Å². The van der Waals surface area contributed by atoms with Crippen molar-refractivity contribution in [3.05, 3.63) is 0 Å². The minimum Gasteiger partial charge on any atom is -0.379 e. The van der Waals surface area contributed by atoms with Gasteiger partial charge in [0.25, 0.3) is 0 Å². The number of hydrogen-bond donors (Lipinski definition) is 0. The van der Waals surface area contributed by atoms with Gasteiger partial charge in [0.1, 0.15) is 0 Å². The summed E-state index contributed by atoms with van der Waals surface area (Å²) in [4.78, 5) is 0. The van der Waals surface area contributed by atoms with Gasteiger partial charge in [-0.1, -0.05) is 0 Å². The van der Waals surface area contributed by atoms with Crippen LogP contribution in [-0.4, -0.2) is 12.6 Å². The molecule has 1 heterocycles. The van der Waals surface area contributed by atoms with E-state index < -0.39 is 32.2 Å². The molecule has 1 atom stereocenters. The van der Waals surface area contributed by atoms with Crippen molar-refractivity contribution in [2.24, 2.45) is 0 Å². The Morgan fingerprint density at radius 3 is 3.67 bits per heavy atom. The van der Waals surface area contributed by atoms with E-state index in [-0.39, 0.29) is 0 Å². The van der Waals surface area contributed by atoms with Crippen LogP contribution in [0.15, 0.2) is 0 Å². The van der Waals surface area contributed by atoms with E-state index in [4.69, 9.17) is 13.7 Å². The summed E-state index contributed by atoms with van der Waals surface area (Å²) in [6.07, 6.45) is -9.79. The molecule has 1 heteroatoms. The van der Waals surface area contributed by atoms with Gasteiger partial charge in [-0.2, -0.15) is 0 Å². The highest BCUT2D eigenvalue weighted by Crippen LogP contribution is 2.09. The lowest BCUT2D eigenvalue weighted by molar-refractivity contribution is 0.125. The van der Waals surface area contributed by atoms with E-state index in [0.717, 1.165) is 0 Å². The van der Waals surface area contributed by atoms with Crippen LogP contribution in [-0.2, 0) is 4.74 Å². The molecule has 0 aliphatic carbocycles. The van der Waals surface area contributed by atoms with Crippen molar-refractivity contribution in [2.75, 3.05) is 6.56 Å². The third-order valence-corrected chi connectivity index (χ3v) is 0.380. The maximum Gasteiger partial charge on any atom is 0.0600 e. The van der Waals surface area contributed by atoms with E-state index in [1.54, 1.807) is 0 Å². The summed E-state index contributed by atoms with van der Waals surface area (Å²) in [6.45, 7) is -6.47. The molecule has 0 spiro atoms. The van der Waals surface area contributed by atoms with Crippen molar-refractivity contribution < 1.29 is 18.4 Å². The Morgan fingerprint density at radius 1 is 2.33 bits per heavy atom. The normalized spacial score (nSPS) is 98.7. The van der Waals surface area contributed by atoms with E-state index in [1.807, 2.05) is 0 Å². The molecule has 1 fully saturated rings. The predicted molar refractivity (Wildman–Crippen MR) is 24.6 cm³/mol. The molecule has 36 valence electrons. The molecule has 0 aromatic carbocycles. The molecule has 1 rings (SSSR count). The molecular formula is C5H10O. The van der Waals surface area contributed by atoms with E-state index in [1.165, 1.54) is 0 Å². The summed E-state index contributed by atoms with van der Waals surface area (Å²) in [5.74, 6) is 0. The lowest BCUT2D eigenvalue weighted by atomic mass is 10.3. The van der Waals surface area contributed by atoms with Crippen molar-refractivity contribution in [1.29, 1.82) is 0 Å². The highest BCUT2D eigenvalue weighted by Gasteiger charge is 2.07. The lowest BCUT2D eigenvalue weighted by Crippen LogP contribution is -1.94. The van der Waals surface area contributed by atoms with Gasteiger partial charge in [-0.25, -0.2) is 0 Å². The van der Waals surface area contributed by atoms with Crippen LogP contribution in [0, 0.1) is 0 Å². The monoisotopic (exact) mass is 96.1 g/mol. The van der Waals surface area contributed by atoms with Gasteiger partial charge in [-0.05, 0) is 19.6 Å². The van der Waals surface area contributed by atoms with Crippen LogP contribution in [0.1, 0.15) is 33.3 Å². The maximum atomic E-state index is 7.41. The molecule has 0 amide bonds. The molecule has 1 saturated heterocycles. The molecule has 1 aliphatic rings. The summed E-state index contributed by atoms with van der Waals surface area (Å²) in [6, 6.07) is 0. The van der Waals surface area contributed by atoms with Gasteiger partial charge in [-0.3, -0.25) is 0 Å². The van der Waals surface area contributed by atoms with Gasteiger partial charge in [0, 0.05) is 16.2 Å². The first kappa shape index (κ1) is 0.576. The maximum absolute atomic E-state index is 7.41. The van der Waals surface area contributed by atoms with Gasteiger partial charge in [-0.15, -0.1) is 0 Å². The Hall–Kier alpha value is -0.0400. The van der Waals surface area contributed by atoms with Crippen LogP contribution >= 0.6 is 0 Å². The first-order valence-electron chi connectivity index (χ1n) is 6.41. The van der Waals surface area contributed by atoms with Crippen LogP contribution < -0.4 is 0 Å². The summed E-state index contributed by atoms with van der Waals surface area (Å²) >= 11 is 0. The largest absolute Gasteiger partial charge is 0.379 e. The topological polar surface area (TPSA) is 9.23 Å². The van der Waals surface area contributed by atoms with Gasteiger partial charge in [0.15, 0.2) is 0 Å². The lowest BCUT2D eigenvalue weighted by Gasteiger charge is -1.94. The minimum absolute atomic E-state index is 3.17. The minimum atomic E-state index is -3.30. The average Bonchev–Trinajstić information content (AvgIpc) is 2.07. The van der Waals surface area contributed by atoms with Gasteiger partial charge in [0.2, 0.25) is 0 Å². The quantitative estimate of drug-likeness (QED) is 0.440. The number of rotatable bonds is 0. The highest BCUT2D eigenvalue weighted by atomic mass is 16.5. The predicted octanol–water partition coefficient (Wildman–Crippen LogP) is 1.19. The van der Waals surface area contributed by atoms with Crippen molar-refractivity contribution in [1.82, 2.24) is 0 Å². The summed E-state index contributed by atoms with van der Waals surface area (Å²) in [7, 11) is 0. The summed E-state index contributed by atoms with van der Waals surface area (Å²) < 4.78 is 76.0.